The van der Waals surface area contributed by atoms with Crippen LogP contribution in [0.15, 0.2) is 60.8 Å². The van der Waals surface area contributed by atoms with Gasteiger partial charge in [-0.25, -0.2) is 14.5 Å². The van der Waals surface area contributed by atoms with Gasteiger partial charge in [0.1, 0.15) is 5.54 Å². The molecule has 3 aromatic rings. The minimum atomic E-state index is -1.23. The summed E-state index contributed by atoms with van der Waals surface area (Å²) in [4.78, 5) is 48.7. The second kappa shape index (κ2) is 10.3. The van der Waals surface area contributed by atoms with E-state index in [0.29, 0.717) is 45.6 Å². The number of likely N-dealkylation sites (N-methyl/N-ethyl adjacent to an activating group) is 1. The Morgan fingerprint density at radius 1 is 1.13 bits per heavy atom. The number of likely N-dealkylation sites (tertiary alicyclic amines) is 1. The zero-order chi connectivity index (χ0) is 27.9. The monoisotopic (exact) mass is 563 g/mol. The lowest BCUT2D eigenvalue weighted by atomic mass is 9.80. The van der Waals surface area contributed by atoms with E-state index in [9.17, 15) is 19.6 Å². The molecule has 0 saturated carbocycles. The van der Waals surface area contributed by atoms with Crippen molar-refractivity contribution in [3.05, 3.63) is 93.2 Å². The van der Waals surface area contributed by atoms with Crippen molar-refractivity contribution >= 4 is 46.8 Å². The number of carbonyl (C=O) groups is 3. The van der Waals surface area contributed by atoms with Crippen LogP contribution < -0.4 is 4.90 Å². The molecule has 2 aromatic carbocycles. The molecule has 2 aliphatic rings. The number of hydrogen-bond acceptors (Lipinski definition) is 7. The van der Waals surface area contributed by atoms with Crippen molar-refractivity contribution in [1.82, 2.24) is 14.8 Å². The molecule has 0 N–H and O–H groups in total. The molecule has 3 amide bonds. The number of pyridine rings is 1. The average Bonchev–Trinajstić information content (AvgIpc) is 3.39. The standard InChI is InChI=1S/C28H23Cl2N5O4/c1-33-27(38)35(23-10-20(29)9-21(30)11-23)26(37)28(33)16-34(14-22-8-7-19(13-32-22)25(36)39-2)15-24(28)18-5-3-17(12-31)4-6-18/h3-11,13,24H,14-16H2,1-2H3/t24-,28-/m1/s1. The third-order valence-corrected chi connectivity index (χ3v) is 7.75. The number of amides is 3. The minimum Gasteiger partial charge on any atom is -0.465 e. The Bertz CT molecular complexity index is 1490. The van der Waals surface area contributed by atoms with Gasteiger partial charge in [-0.15, -0.1) is 0 Å². The highest BCUT2D eigenvalue weighted by Gasteiger charge is 2.64. The number of nitrogens with zero attached hydrogens (tertiary/aromatic N) is 5. The van der Waals surface area contributed by atoms with Crippen molar-refractivity contribution in [1.29, 1.82) is 5.26 Å². The number of methoxy groups -OCH3 is 1. The molecule has 1 spiro atoms. The molecule has 0 bridgehead atoms. The van der Waals surface area contributed by atoms with Crippen molar-refractivity contribution in [2.24, 2.45) is 0 Å². The van der Waals surface area contributed by atoms with Crippen molar-refractivity contribution in [3.8, 4) is 6.07 Å². The first-order valence-electron chi connectivity index (χ1n) is 12.0. The largest absolute Gasteiger partial charge is 0.465 e. The first-order chi connectivity index (χ1) is 18.7. The quantitative estimate of drug-likeness (QED) is 0.332. The number of urea groups is 1. The first-order valence-corrected chi connectivity index (χ1v) is 12.8. The maximum absolute atomic E-state index is 14.3. The number of aromatic nitrogens is 1. The third-order valence-electron chi connectivity index (χ3n) is 7.31. The van der Waals surface area contributed by atoms with E-state index in [1.54, 1.807) is 31.3 Å². The van der Waals surface area contributed by atoms with Gasteiger partial charge in [0.05, 0.1) is 35.7 Å². The van der Waals surface area contributed by atoms with E-state index in [1.807, 2.05) is 12.1 Å². The van der Waals surface area contributed by atoms with Crippen LogP contribution in [0.2, 0.25) is 10.0 Å². The Hall–Kier alpha value is -3.97. The van der Waals surface area contributed by atoms with Crippen molar-refractivity contribution in [2.75, 3.05) is 32.1 Å². The SMILES string of the molecule is COC(=O)c1ccc(CN2C[C@H](c3ccc(C#N)cc3)[C@]3(C2)C(=O)N(c2cc(Cl)cc(Cl)c2)C(=O)N3C)nc1. The molecule has 0 aliphatic carbocycles. The predicted molar refractivity (Wildman–Crippen MR) is 145 cm³/mol. The number of carbonyl (C=O) groups excluding carboxylic acids is 3. The van der Waals surface area contributed by atoms with E-state index in [-0.39, 0.29) is 12.5 Å². The van der Waals surface area contributed by atoms with Gasteiger partial charge in [0.25, 0.3) is 5.91 Å². The number of benzene rings is 2. The van der Waals surface area contributed by atoms with Crippen molar-refractivity contribution in [3.63, 3.8) is 0 Å². The molecule has 2 fully saturated rings. The summed E-state index contributed by atoms with van der Waals surface area (Å²) in [6, 6.07) is 16.7. The fourth-order valence-electron chi connectivity index (χ4n) is 5.40. The summed E-state index contributed by atoms with van der Waals surface area (Å²) in [5, 5.41) is 9.88. The molecule has 11 heteroatoms. The number of esters is 1. The minimum absolute atomic E-state index is 0.240. The van der Waals surface area contributed by atoms with Crippen LogP contribution in [0.1, 0.15) is 33.1 Å². The lowest BCUT2D eigenvalue weighted by Gasteiger charge is -2.34. The van der Waals surface area contributed by atoms with Gasteiger partial charge < -0.3 is 9.64 Å². The van der Waals surface area contributed by atoms with Gasteiger partial charge in [-0.1, -0.05) is 35.3 Å². The first kappa shape index (κ1) is 26.6. The van der Waals surface area contributed by atoms with Gasteiger partial charge in [0.15, 0.2) is 0 Å². The Labute approximate surface area is 235 Å². The zero-order valence-electron chi connectivity index (χ0n) is 21.1. The molecule has 198 valence electrons. The Balaban J connectivity index is 1.53. The molecular weight excluding hydrogens is 541 g/mol. The third kappa shape index (κ3) is 4.61. The molecule has 5 rings (SSSR count). The Morgan fingerprint density at radius 2 is 1.82 bits per heavy atom. The van der Waals surface area contributed by atoms with E-state index in [0.717, 1.165) is 10.5 Å². The van der Waals surface area contributed by atoms with E-state index in [4.69, 9.17) is 27.9 Å². The summed E-state index contributed by atoms with van der Waals surface area (Å²) >= 11 is 12.4. The van der Waals surface area contributed by atoms with Gasteiger partial charge in [0.2, 0.25) is 0 Å². The number of hydrogen-bond donors (Lipinski definition) is 0. The average molecular weight is 564 g/mol. The van der Waals surface area contributed by atoms with Crippen LogP contribution in [0.4, 0.5) is 10.5 Å². The van der Waals surface area contributed by atoms with Gasteiger partial charge in [-0.3, -0.25) is 14.7 Å². The fraction of sp³-hybridized carbons (Fsp3) is 0.250. The van der Waals surface area contributed by atoms with Gasteiger partial charge >= 0.3 is 12.0 Å². The topological polar surface area (TPSA) is 107 Å². The normalized spacial score (nSPS) is 21.1. The van der Waals surface area contributed by atoms with Gasteiger partial charge in [-0.05, 0) is 48.0 Å². The molecule has 2 aliphatic heterocycles. The van der Waals surface area contributed by atoms with Crippen LogP contribution in [0.3, 0.4) is 0 Å². The number of nitriles is 1. The van der Waals surface area contributed by atoms with Gasteiger partial charge in [0, 0.05) is 48.8 Å². The second-order valence-corrected chi connectivity index (χ2v) is 10.4. The summed E-state index contributed by atoms with van der Waals surface area (Å²) in [6.45, 7) is 1.07. The molecule has 1 aromatic heterocycles. The second-order valence-electron chi connectivity index (χ2n) is 9.52. The predicted octanol–water partition coefficient (Wildman–Crippen LogP) is 4.48. The number of ether oxygens (including phenoxy) is 1. The van der Waals surface area contributed by atoms with Crippen LogP contribution in [0, 0.1) is 11.3 Å². The summed E-state index contributed by atoms with van der Waals surface area (Å²) in [5.74, 6) is -1.27. The van der Waals surface area contributed by atoms with Crippen molar-refractivity contribution in [2.45, 2.75) is 18.0 Å². The summed E-state index contributed by atoms with van der Waals surface area (Å²) in [5.41, 5.74) is 1.41. The van der Waals surface area contributed by atoms with Crippen molar-refractivity contribution < 1.29 is 19.1 Å². The van der Waals surface area contributed by atoms with E-state index >= 15 is 0 Å². The molecule has 9 nitrogen and oxygen atoms in total. The van der Waals surface area contributed by atoms with E-state index in [2.05, 4.69) is 16.0 Å². The lowest BCUT2D eigenvalue weighted by Crippen LogP contribution is -2.53. The highest BCUT2D eigenvalue weighted by molar-refractivity contribution is 6.35. The van der Waals surface area contributed by atoms with Crippen LogP contribution in [0.25, 0.3) is 0 Å². The zero-order valence-corrected chi connectivity index (χ0v) is 22.6. The number of imide groups is 1. The number of anilines is 1. The Morgan fingerprint density at radius 3 is 2.41 bits per heavy atom. The summed E-state index contributed by atoms with van der Waals surface area (Å²) < 4.78 is 4.74. The molecule has 3 heterocycles. The van der Waals surface area contributed by atoms with Crippen LogP contribution >= 0.6 is 23.2 Å². The lowest BCUT2D eigenvalue weighted by molar-refractivity contribution is -0.124. The number of rotatable bonds is 5. The Kier molecular flexibility index (Phi) is 7.03. The molecule has 0 radical (unpaired) electrons. The van der Waals surface area contributed by atoms with E-state index < -0.39 is 23.5 Å². The summed E-state index contributed by atoms with van der Waals surface area (Å²) in [7, 11) is 2.93. The smallest absolute Gasteiger partial charge is 0.339 e. The number of halogens is 2. The highest BCUT2D eigenvalue weighted by atomic mass is 35.5. The van der Waals surface area contributed by atoms with E-state index in [1.165, 1.54) is 36.4 Å². The van der Waals surface area contributed by atoms with Crippen LogP contribution in [-0.4, -0.2) is 65.5 Å². The molecular formula is C28H23Cl2N5O4. The summed E-state index contributed by atoms with van der Waals surface area (Å²) in [6.07, 6.45) is 1.45. The maximum Gasteiger partial charge on any atom is 0.339 e. The highest BCUT2D eigenvalue weighted by Crippen LogP contribution is 2.47. The molecule has 0 unspecified atom stereocenters. The van der Waals surface area contributed by atoms with Crippen LogP contribution in [-0.2, 0) is 16.1 Å². The fourth-order valence-corrected chi connectivity index (χ4v) is 5.91. The maximum atomic E-state index is 14.3. The molecule has 2 saturated heterocycles. The molecule has 2 atom stereocenters. The van der Waals surface area contributed by atoms with Crippen LogP contribution in [0.5, 0.6) is 0 Å². The van der Waals surface area contributed by atoms with Gasteiger partial charge in [-0.2, -0.15) is 5.26 Å². The molecule has 39 heavy (non-hydrogen) atoms.